The molecule has 3 aromatic heterocycles. The van der Waals surface area contributed by atoms with Gasteiger partial charge in [0.25, 0.3) is 0 Å². The highest BCUT2D eigenvalue weighted by Gasteiger charge is 2.15. The average Bonchev–Trinajstić information content (AvgIpc) is 3.34. The van der Waals surface area contributed by atoms with Gasteiger partial charge in [0.2, 0.25) is 10.0 Å². The lowest BCUT2D eigenvalue weighted by Gasteiger charge is -2.08. The highest BCUT2D eigenvalue weighted by Crippen LogP contribution is 2.35. The maximum atomic E-state index is 11.3. The summed E-state index contributed by atoms with van der Waals surface area (Å²) < 4.78 is 27.2. The van der Waals surface area contributed by atoms with Gasteiger partial charge in [-0.3, -0.25) is 4.40 Å². The van der Waals surface area contributed by atoms with E-state index in [1.807, 2.05) is 31.2 Å². The molecular formula is C21H25N7O3S2. The summed E-state index contributed by atoms with van der Waals surface area (Å²) in [6.07, 6.45) is 3.56. The Kier molecular flexibility index (Phi) is 6.49. The van der Waals surface area contributed by atoms with Crippen molar-refractivity contribution in [2.75, 3.05) is 31.2 Å². The molecule has 2 amide bonds. The summed E-state index contributed by atoms with van der Waals surface area (Å²) >= 11 is 1.62. The molecule has 174 valence electrons. The molecule has 0 aliphatic heterocycles. The van der Waals surface area contributed by atoms with E-state index < -0.39 is 16.1 Å². The number of carbonyl (C=O) groups is 1. The van der Waals surface area contributed by atoms with E-state index in [0.717, 1.165) is 38.3 Å². The van der Waals surface area contributed by atoms with Crippen LogP contribution in [0.4, 0.5) is 10.6 Å². The van der Waals surface area contributed by atoms with Crippen molar-refractivity contribution < 1.29 is 13.2 Å². The Morgan fingerprint density at radius 1 is 1.21 bits per heavy atom. The van der Waals surface area contributed by atoms with Crippen molar-refractivity contribution in [3.05, 3.63) is 47.8 Å². The Hall–Kier alpha value is -3.22. The molecule has 33 heavy (non-hydrogen) atoms. The molecule has 0 spiro atoms. The van der Waals surface area contributed by atoms with Crippen LogP contribution in [0.15, 0.2) is 36.5 Å². The third-order valence-electron chi connectivity index (χ3n) is 4.98. The zero-order chi connectivity index (χ0) is 23.6. The van der Waals surface area contributed by atoms with Gasteiger partial charge in [0.05, 0.1) is 6.26 Å². The topological polar surface area (TPSA) is 144 Å². The fraction of sp³-hybridized carbons (Fsp3) is 0.286. The summed E-state index contributed by atoms with van der Waals surface area (Å²) in [5, 5.41) is 5.77. The second-order valence-electron chi connectivity index (χ2n) is 7.65. The highest BCUT2D eigenvalue weighted by molar-refractivity contribution is 7.88. The Morgan fingerprint density at radius 3 is 2.79 bits per heavy atom. The van der Waals surface area contributed by atoms with Crippen LogP contribution in [0.3, 0.4) is 0 Å². The van der Waals surface area contributed by atoms with Crippen LogP contribution >= 0.6 is 11.3 Å². The number of sulfonamides is 1. The van der Waals surface area contributed by atoms with E-state index in [9.17, 15) is 13.2 Å². The molecule has 0 aliphatic carbocycles. The summed E-state index contributed by atoms with van der Waals surface area (Å²) in [7, 11) is -3.21. The maximum absolute atomic E-state index is 11.3. The number of carbonyl (C=O) groups excluding carboxylic acids is 1. The second kappa shape index (κ2) is 9.33. The average molecular weight is 488 g/mol. The van der Waals surface area contributed by atoms with E-state index in [1.54, 1.807) is 17.5 Å². The molecule has 0 bridgehead atoms. The number of thiophene rings is 1. The zero-order valence-electron chi connectivity index (χ0n) is 18.3. The number of primary amides is 1. The predicted molar refractivity (Wildman–Crippen MR) is 131 cm³/mol. The fourth-order valence-corrected chi connectivity index (χ4v) is 5.16. The molecule has 0 saturated heterocycles. The van der Waals surface area contributed by atoms with Crippen molar-refractivity contribution in [2.24, 2.45) is 5.73 Å². The number of hydrogen-bond donors (Lipinski definition) is 4. The maximum Gasteiger partial charge on any atom is 0.312 e. The number of amides is 2. The van der Waals surface area contributed by atoms with E-state index in [1.165, 1.54) is 0 Å². The van der Waals surface area contributed by atoms with Gasteiger partial charge in [0.15, 0.2) is 11.5 Å². The molecule has 0 aliphatic rings. The van der Waals surface area contributed by atoms with Crippen LogP contribution in [-0.4, -0.2) is 54.7 Å². The largest absolute Gasteiger partial charge is 0.365 e. The van der Waals surface area contributed by atoms with E-state index in [-0.39, 0.29) is 0 Å². The third kappa shape index (κ3) is 5.41. The molecule has 12 heteroatoms. The summed E-state index contributed by atoms with van der Waals surface area (Å²) in [4.78, 5) is 22.2. The van der Waals surface area contributed by atoms with Gasteiger partial charge in [-0.05, 0) is 30.5 Å². The van der Waals surface area contributed by atoms with Crippen LogP contribution in [0.25, 0.3) is 26.4 Å². The number of rotatable bonds is 9. The summed E-state index contributed by atoms with van der Waals surface area (Å²) in [5.74, 6) is 0.631. The molecule has 0 radical (unpaired) electrons. The molecule has 0 saturated carbocycles. The molecule has 4 rings (SSSR count). The number of urea groups is 1. The minimum Gasteiger partial charge on any atom is -0.365 e. The normalized spacial score (nSPS) is 11.8. The van der Waals surface area contributed by atoms with Gasteiger partial charge in [0.1, 0.15) is 10.3 Å². The van der Waals surface area contributed by atoms with Crippen LogP contribution in [0.2, 0.25) is 0 Å². The van der Waals surface area contributed by atoms with E-state index in [4.69, 9.17) is 10.7 Å². The lowest BCUT2D eigenvalue weighted by atomic mass is 10.1. The lowest BCUT2D eigenvalue weighted by molar-refractivity contribution is 0.249. The number of hydrogen-bond acceptors (Lipinski definition) is 7. The van der Waals surface area contributed by atoms with Crippen LogP contribution < -0.4 is 21.1 Å². The van der Waals surface area contributed by atoms with Crippen molar-refractivity contribution in [1.29, 1.82) is 0 Å². The first-order chi connectivity index (χ1) is 15.7. The number of benzene rings is 1. The van der Waals surface area contributed by atoms with Crippen LogP contribution in [-0.2, 0) is 16.4 Å². The highest BCUT2D eigenvalue weighted by atomic mass is 32.2. The van der Waals surface area contributed by atoms with Crippen molar-refractivity contribution in [1.82, 2.24) is 24.4 Å². The number of aromatic nitrogens is 3. The van der Waals surface area contributed by atoms with Gasteiger partial charge in [-0.1, -0.05) is 24.3 Å². The summed E-state index contributed by atoms with van der Waals surface area (Å²) in [5.41, 5.74) is 9.74. The van der Waals surface area contributed by atoms with Crippen LogP contribution in [0.1, 0.15) is 11.3 Å². The molecule has 10 nitrogen and oxygen atoms in total. The van der Waals surface area contributed by atoms with Gasteiger partial charge >= 0.3 is 6.03 Å². The molecule has 1 aromatic carbocycles. The van der Waals surface area contributed by atoms with Gasteiger partial charge in [-0.25, -0.2) is 27.9 Å². The van der Waals surface area contributed by atoms with E-state index in [2.05, 4.69) is 30.8 Å². The Balaban J connectivity index is 1.64. The number of nitrogens with zero attached hydrogens (tertiary/aromatic N) is 3. The van der Waals surface area contributed by atoms with Gasteiger partial charge in [-0.2, -0.15) is 0 Å². The third-order valence-corrected chi connectivity index (χ3v) is 6.87. The molecule has 5 N–H and O–H groups in total. The van der Waals surface area contributed by atoms with Crippen molar-refractivity contribution in [3.63, 3.8) is 0 Å². The Labute approximate surface area is 195 Å². The number of nitrogens with two attached hydrogens (primary N) is 1. The molecule has 0 fully saturated rings. The molecule has 4 aromatic rings. The number of fused-ring (bicyclic) bond motifs is 3. The van der Waals surface area contributed by atoms with Gasteiger partial charge in [-0.15, -0.1) is 11.3 Å². The number of nitrogens with one attached hydrogen (secondary N) is 3. The van der Waals surface area contributed by atoms with Crippen molar-refractivity contribution in [2.45, 2.75) is 13.3 Å². The van der Waals surface area contributed by atoms with Crippen LogP contribution in [0.5, 0.6) is 0 Å². The first-order valence-electron chi connectivity index (χ1n) is 10.3. The quantitative estimate of drug-likeness (QED) is 0.266. The summed E-state index contributed by atoms with van der Waals surface area (Å²) in [6, 6.07) is 9.53. The Morgan fingerprint density at radius 2 is 2.03 bits per heavy atom. The first kappa shape index (κ1) is 23.0. The lowest BCUT2D eigenvalue weighted by Crippen LogP contribution is -2.33. The standard InChI is InChI=1S/C21H25N7O3S2/c1-13-12-25-19-18(23-8-9-24-21(22)29)27-16-11-17(32-20(16)28(13)19)15-5-3-4-14(10-15)6-7-26-33(2,30)31/h3-5,10-12,26H,6-9H2,1-2H3,(H,23,27)(H3,22,24,29). The molecular weight excluding hydrogens is 462 g/mol. The summed E-state index contributed by atoms with van der Waals surface area (Å²) in [6.45, 7) is 3.18. The van der Waals surface area contributed by atoms with Crippen molar-refractivity contribution in [3.8, 4) is 10.4 Å². The van der Waals surface area contributed by atoms with Gasteiger partial charge in [0, 0.05) is 36.4 Å². The smallest absolute Gasteiger partial charge is 0.312 e. The minimum absolute atomic E-state index is 0.352. The monoisotopic (exact) mass is 487 g/mol. The number of aryl methyl sites for hydroxylation is 1. The Bertz CT molecular complexity index is 1430. The van der Waals surface area contributed by atoms with E-state index in [0.29, 0.717) is 37.5 Å². The van der Waals surface area contributed by atoms with Crippen LogP contribution in [0, 0.1) is 6.92 Å². The fourth-order valence-electron chi connectivity index (χ4n) is 3.53. The molecule has 0 unspecified atom stereocenters. The number of imidazole rings is 1. The van der Waals surface area contributed by atoms with Gasteiger partial charge < -0.3 is 16.4 Å². The van der Waals surface area contributed by atoms with Crippen molar-refractivity contribution >= 4 is 49.2 Å². The number of anilines is 1. The SMILES string of the molecule is Cc1cnc2c(NCCNC(N)=O)nc3cc(-c4cccc(CCNS(C)(=O)=O)c4)sc3n12. The molecule has 0 atom stereocenters. The zero-order valence-corrected chi connectivity index (χ0v) is 19.9. The second-order valence-corrected chi connectivity index (χ2v) is 10.5. The van der Waals surface area contributed by atoms with E-state index >= 15 is 0 Å². The molecule has 3 heterocycles. The predicted octanol–water partition coefficient (Wildman–Crippen LogP) is 2.09. The first-order valence-corrected chi connectivity index (χ1v) is 13.0. The minimum atomic E-state index is -3.21.